The van der Waals surface area contributed by atoms with E-state index in [1.165, 1.54) is 0 Å². The number of carbonyl (C=O) groups excluding carboxylic acids is 1. The molecule has 0 aromatic heterocycles. The zero-order chi connectivity index (χ0) is 19.2. The molecule has 0 radical (unpaired) electrons. The molecule has 1 aromatic carbocycles. The van der Waals surface area contributed by atoms with Crippen LogP contribution in [0.5, 0.6) is 5.75 Å². The van der Waals surface area contributed by atoms with Gasteiger partial charge in [0, 0.05) is 11.6 Å². The van der Waals surface area contributed by atoms with Crippen LogP contribution in [-0.2, 0) is 9.53 Å². The third-order valence-electron chi connectivity index (χ3n) is 3.19. The normalized spacial score (nSPS) is 19.3. The fraction of sp³-hybridized carbons (Fsp3) is 0.250. The number of halogens is 3. The van der Waals surface area contributed by atoms with Crippen molar-refractivity contribution in [3.63, 3.8) is 0 Å². The van der Waals surface area contributed by atoms with Crippen LogP contribution in [0, 0.1) is 20.2 Å². The highest BCUT2D eigenvalue weighted by atomic mass is 19.4. The Labute approximate surface area is 135 Å². The summed E-state index contributed by atoms with van der Waals surface area (Å²) in [4.78, 5) is 31.2. The van der Waals surface area contributed by atoms with Crippen molar-refractivity contribution < 1.29 is 42.4 Å². The van der Waals surface area contributed by atoms with Gasteiger partial charge in [0.15, 0.2) is 0 Å². The van der Waals surface area contributed by atoms with Crippen LogP contribution in [-0.4, -0.2) is 40.0 Å². The van der Waals surface area contributed by atoms with Gasteiger partial charge < -0.3 is 14.6 Å². The number of nitrogens with zero attached hydrogens (tertiary/aromatic N) is 2. The monoisotopic (exact) mass is 364 g/mol. The minimum Gasteiger partial charge on any atom is -0.465 e. The van der Waals surface area contributed by atoms with Crippen LogP contribution in [0.15, 0.2) is 17.7 Å². The summed E-state index contributed by atoms with van der Waals surface area (Å²) in [6.45, 7) is 0. The highest BCUT2D eigenvalue weighted by Crippen LogP contribution is 2.48. The number of aliphatic hydroxyl groups is 1. The third-order valence-corrected chi connectivity index (χ3v) is 3.19. The number of rotatable bonds is 3. The van der Waals surface area contributed by atoms with Crippen molar-refractivity contribution in [2.45, 2.75) is 12.0 Å². The summed E-state index contributed by atoms with van der Waals surface area (Å²) in [6, 6.07) is 1.02. The summed E-state index contributed by atoms with van der Waals surface area (Å²) in [5.74, 6) is -6.95. The molecule has 13 heteroatoms. The molecule has 1 heterocycles. The van der Waals surface area contributed by atoms with Crippen LogP contribution in [0.3, 0.4) is 0 Å². The number of methoxy groups -OCH3 is 1. The van der Waals surface area contributed by atoms with Gasteiger partial charge in [-0.15, -0.1) is 0 Å². The fourth-order valence-corrected chi connectivity index (χ4v) is 2.05. The lowest BCUT2D eigenvalue weighted by Gasteiger charge is -2.34. The van der Waals surface area contributed by atoms with Crippen LogP contribution >= 0.6 is 0 Å². The standard InChI is InChI=1S/C12H7F3N2O8/c1-24-10(18)7-3-5-2-6(16(20)21)4-8(17(22)23)9(5)25-11(7,19)12(13,14)15/h2-4,19H,1H3. The van der Waals surface area contributed by atoms with Crippen LogP contribution in [0.25, 0.3) is 6.08 Å². The lowest BCUT2D eigenvalue weighted by molar-refractivity contribution is -0.396. The van der Waals surface area contributed by atoms with Crippen LogP contribution in [0.2, 0.25) is 0 Å². The van der Waals surface area contributed by atoms with Gasteiger partial charge in [-0.3, -0.25) is 20.2 Å². The molecule has 2 rings (SSSR count). The summed E-state index contributed by atoms with van der Waals surface area (Å²) >= 11 is 0. The molecule has 25 heavy (non-hydrogen) atoms. The Bertz CT molecular complexity index is 819. The molecule has 1 aromatic rings. The molecule has 0 aliphatic carbocycles. The smallest absolute Gasteiger partial charge is 0.460 e. The number of fused-ring (bicyclic) bond motifs is 1. The topological polar surface area (TPSA) is 142 Å². The number of benzene rings is 1. The van der Waals surface area contributed by atoms with Crippen molar-refractivity contribution >= 4 is 23.4 Å². The molecule has 0 spiro atoms. The minimum absolute atomic E-state index is 0.368. The quantitative estimate of drug-likeness (QED) is 0.485. The first-order valence-corrected chi connectivity index (χ1v) is 6.17. The van der Waals surface area contributed by atoms with Gasteiger partial charge in [0.25, 0.3) is 5.69 Å². The SMILES string of the molecule is COC(=O)C1=Cc2cc([N+](=O)[O-])cc([N+](=O)[O-])c2OC1(O)C(F)(F)F. The van der Waals surface area contributed by atoms with Gasteiger partial charge in [0.1, 0.15) is 5.57 Å². The van der Waals surface area contributed by atoms with Crippen LogP contribution in [0.4, 0.5) is 24.5 Å². The first kappa shape index (κ1) is 18.1. The summed E-state index contributed by atoms with van der Waals surface area (Å²) in [6.07, 6.45) is -5.18. The molecule has 1 unspecified atom stereocenters. The second kappa shape index (κ2) is 5.70. The number of non-ortho nitro benzene ring substituents is 1. The third kappa shape index (κ3) is 2.84. The van der Waals surface area contributed by atoms with Gasteiger partial charge >= 0.3 is 23.6 Å². The molecule has 0 saturated carbocycles. The molecule has 1 atom stereocenters. The molecule has 0 fully saturated rings. The Kier molecular flexibility index (Phi) is 4.13. The maximum Gasteiger partial charge on any atom is 0.460 e. The first-order chi connectivity index (χ1) is 11.4. The number of nitro benzene ring substituents is 2. The van der Waals surface area contributed by atoms with Gasteiger partial charge in [0.05, 0.1) is 23.0 Å². The van der Waals surface area contributed by atoms with E-state index in [9.17, 15) is 43.3 Å². The zero-order valence-electron chi connectivity index (χ0n) is 12.1. The summed E-state index contributed by atoms with van der Waals surface area (Å²) in [5, 5.41) is 31.7. The van der Waals surface area contributed by atoms with E-state index >= 15 is 0 Å². The fourth-order valence-electron chi connectivity index (χ4n) is 2.05. The van der Waals surface area contributed by atoms with E-state index in [2.05, 4.69) is 9.47 Å². The van der Waals surface area contributed by atoms with Crippen molar-refractivity contribution in [1.29, 1.82) is 0 Å². The first-order valence-electron chi connectivity index (χ1n) is 6.17. The largest absolute Gasteiger partial charge is 0.465 e. The Balaban J connectivity index is 2.83. The maximum atomic E-state index is 13.2. The van der Waals surface area contributed by atoms with Gasteiger partial charge in [-0.25, -0.2) is 4.79 Å². The molecule has 0 amide bonds. The summed E-state index contributed by atoms with van der Waals surface area (Å²) in [7, 11) is 0.728. The number of carbonyl (C=O) groups is 1. The number of hydrogen-bond acceptors (Lipinski definition) is 8. The highest BCUT2D eigenvalue weighted by molar-refractivity contribution is 5.97. The Morgan fingerprint density at radius 3 is 2.32 bits per heavy atom. The highest BCUT2D eigenvalue weighted by Gasteiger charge is 2.64. The minimum atomic E-state index is -5.57. The molecule has 0 bridgehead atoms. The average molecular weight is 364 g/mol. The van der Waals surface area contributed by atoms with Crippen molar-refractivity contribution in [3.05, 3.63) is 43.5 Å². The van der Waals surface area contributed by atoms with Gasteiger partial charge in [-0.1, -0.05) is 0 Å². The van der Waals surface area contributed by atoms with Crippen molar-refractivity contribution in [2.24, 2.45) is 0 Å². The number of esters is 1. The van der Waals surface area contributed by atoms with Crippen molar-refractivity contribution in [3.8, 4) is 5.75 Å². The van der Waals surface area contributed by atoms with E-state index in [-0.39, 0.29) is 0 Å². The van der Waals surface area contributed by atoms with E-state index in [0.717, 1.165) is 7.11 Å². The van der Waals surface area contributed by atoms with Crippen LogP contribution in [0.1, 0.15) is 5.56 Å². The Hall–Kier alpha value is -3.22. The van der Waals surface area contributed by atoms with E-state index in [1.54, 1.807) is 0 Å². The number of alkyl halides is 3. The molecular formula is C12H7F3N2O8. The molecule has 1 aliphatic rings. The predicted octanol–water partition coefficient (Wildman–Crippen LogP) is 1.70. The van der Waals surface area contributed by atoms with E-state index in [4.69, 9.17) is 0 Å². The van der Waals surface area contributed by atoms with Crippen molar-refractivity contribution in [1.82, 2.24) is 0 Å². The Morgan fingerprint density at radius 1 is 1.28 bits per heavy atom. The lowest BCUT2D eigenvalue weighted by atomic mass is 9.97. The zero-order valence-corrected chi connectivity index (χ0v) is 12.1. The molecular weight excluding hydrogens is 357 g/mol. The average Bonchev–Trinajstić information content (AvgIpc) is 2.51. The predicted molar refractivity (Wildman–Crippen MR) is 71.4 cm³/mol. The maximum absolute atomic E-state index is 13.2. The molecule has 0 saturated heterocycles. The molecule has 10 nitrogen and oxygen atoms in total. The molecule has 134 valence electrons. The Morgan fingerprint density at radius 2 is 1.88 bits per heavy atom. The second-order valence-corrected chi connectivity index (χ2v) is 4.69. The second-order valence-electron chi connectivity index (χ2n) is 4.69. The summed E-state index contributed by atoms with van der Waals surface area (Å²) in [5.41, 5.74) is -4.03. The summed E-state index contributed by atoms with van der Waals surface area (Å²) < 4.78 is 48.1. The molecule has 1 N–H and O–H groups in total. The number of hydrogen-bond donors (Lipinski definition) is 1. The van der Waals surface area contributed by atoms with Crippen LogP contribution < -0.4 is 4.74 Å². The van der Waals surface area contributed by atoms with E-state index in [1.807, 2.05) is 0 Å². The van der Waals surface area contributed by atoms with Gasteiger partial charge in [-0.05, 0) is 6.08 Å². The van der Waals surface area contributed by atoms with Gasteiger partial charge in [0.2, 0.25) is 5.75 Å². The molecule has 1 aliphatic heterocycles. The van der Waals surface area contributed by atoms with E-state index in [0.29, 0.717) is 18.2 Å². The number of ether oxygens (including phenoxy) is 2. The van der Waals surface area contributed by atoms with Gasteiger partial charge in [-0.2, -0.15) is 13.2 Å². The lowest BCUT2D eigenvalue weighted by Crippen LogP contribution is -2.55. The van der Waals surface area contributed by atoms with Crippen molar-refractivity contribution in [2.75, 3.05) is 7.11 Å². The number of nitro groups is 2. The van der Waals surface area contributed by atoms with E-state index < -0.39 is 56.0 Å².